The molecule has 1 N–H and O–H groups in total. The maximum atomic E-state index is 13.9. The summed E-state index contributed by atoms with van der Waals surface area (Å²) in [5, 5.41) is 0. The monoisotopic (exact) mass is 304 g/mol. The summed E-state index contributed by atoms with van der Waals surface area (Å²) in [5.74, 6) is 0.300. The molecule has 0 bridgehead atoms. The highest BCUT2D eigenvalue weighted by molar-refractivity contribution is 9.10. The summed E-state index contributed by atoms with van der Waals surface area (Å²) >= 11 is 3.40. The Morgan fingerprint density at radius 3 is 2.78 bits per heavy atom. The molecule has 4 heteroatoms. The van der Waals surface area contributed by atoms with E-state index in [9.17, 15) is 4.39 Å². The molecular weight excluding hydrogens is 295 g/mol. The van der Waals surface area contributed by atoms with Gasteiger partial charge in [-0.2, -0.15) is 0 Å². The molecule has 2 nitrogen and oxygen atoms in total. The lowest BCUT2D eigenvalue weighted by Gasteiger charge is -2.00. The van der Waals surface area contributed by atoms with Gasteiger partial charge in [0, 0.05) is 4.47 Å². The molecule has 0 saturated carbocycles. The van der Waals surface area contributed by atoms with Crippen molar-refractivity contribution in [3.8, 4) is 11.4 Å². The van der Waals surface area contributed by atoms with Crippen molar-refractivity contribution in [3.63, 3.8) is 0 Å². The number of hydrogen-bond acceptors (Lipinski definition) is 1. The maximum absolute atomic E-state index is 13.9. The van der Waals surface area contributed by atoms with E-state index in [0.29, 0.717) is 11.4 Å². The second-order valence-corrected chi connectivity index (χ2v) is 5.15. The Bertz CT molecular complexity index is 734. The van der Waals surface area contributed by atoms with E-state index in [1.54, 1.807) is 6.07 Å². The van der Waals surface area contributed by atoms with E-state index in [1.807, 2.05) is 31.2 Å². The molecule has 0 unspecified atom stereocenters. The molecule has 18 heavy (non-hydrogen) atoms. The number of rotatable bonds is 1. The van der Waals surface area contributed by atoms with Crippen molar-refractivity contribution in [1.82, 2.24) is 9.97 Å². The van der Waals surface area contributed by atoms with Crippen LogP contribution in [0.25, 0.3) is 22.4 Å². The summed E-state index contributed by atoms with van der Waals surface area (Å²) in [4.78, 5) is 7.53. The highest BCUT2D eigenvalue weighted by Crippen LogP contribution is 2.25. The van der Waals surface area contributed by atoms with E-state index >= 15 is 0 Å². The zero-order valence-electron chi connectivity index (χ0n) is 9.67. The van der Waals surface area contributed by atoms with Crippen LogP contribution < -0.4 is 0 Å². The third-order valence-electron chi connectivity index (χ3n) is 2.82. The predicted octanol–water partition coefficient (Wildman–Crippen LogP) is 4.44. The van der Waals surface area contributed by atoms with Gasteiger partial charge in [-0.3, -0.25) is 0 Å². The number of benzene rings is 2. The van der Waals surface area contributed by atoms with Crippen LogP contribution in [-0.2, 0) is 0 Å². The first kappa shape index (κ1) is 11.4. The normalized spacial score (nSPS) is 11.1. The van der Waals surface area contributed by atoms with E-state index in [-0.39, 0.29) is 5.82 Å². The number of aromatic amines is 1. The lowest BCUT2D eigenvalue weighted by Crippen LogP contribution is -1.87. The zero-order chi connectivity index (χ0) is 12.7. The van der Waals surface area contributed by atoms with Crippen LogP contribution in [-0.4, -0.2) is 9.97 Å². The van der Waals surface area contributed by atoms with E-state index in [4.69, 9.17) is 0 Å². The van der Waals surface area contributed by atoms with E-state index in [2.05, 4.69) is 25.9 Å². The van der Waals surface area contributed by atoms with Gasteiger partial charge in [-0.25, -0.2) is 9.37 Å². The molecule has 0 atom stereocenters. The first-order valence-corrected chi connectivity index (χ1v) is 6.34. The number of hydrogen-bond donors (Lipinski definition) is 1. The number of aryl methyl sites for hydroxylation is 1. The molecule has 0 saturated heterocycles. The van der Waals surface area contributed by atoms with Crippen LogP contribution in [0.4, 0.5) is 4.39 Å². The van der Waals surface area contributed by atoms with Crippen molar-refractivity contribution in [1.29, 1.82) is 0 Å². The van der Waals surface area contributed by atoms with Gasteiger partial charge >= 0.3 is 0 Å². The van der Waals surface area contributed by atoms with Gasteiger partial charge < -0.3 is 4.98 Å². The topological polar surface area (TPSA) is 28.7 Å². The number of imidazole rings is 1. The Kier molecular flexibility index (Phi) is 2.67. The van der Waals surface area contributed by atoms with Crippen molar-refractivity contribution in [3.05, 3.63) is 52.3 Å². The smallest absolute Gasteiger partial charge is 0.141 e. The molecule has 0 spiro atoms. The molecule has 0 radical (unpaired) electrons. The number of fused-ring (bicyclic) bond motifs is 1. The summed E-state index contributed by atoms with van der Waals surface area (Å²) in [7, 11) is 0. The van der Waals surface area contributed by atoms with Crippen molar-refractivity contribution >= 4 is 27.0 Å². The van der Waals surface area contributed by atoms with Crippen molar-refractivity contribution < 1.29 is 4.39 Å². The number of aromatic nitrogens is 2. The zero-order valence-corrected chi connectivity index (χ0v) is 11.3. The minimum atomic E-state index is -0.256. The fraction of sp³-hybridized carbons (Fsp3) is 0.0714. The van der Waals surface area contributed by atoms with E-state index < -0.39 is 0 Å². The third-order valence-corrected chi connectivity index (χ3v) is 3.32. The second-order valence-electron chi connectivity index (χ2n) is 4.23. The lowest BCUT2D eigenvalue weighted by atomic mass is 10.1. The van der Waals surface area contributed by atoms with Gasteiger partial charge in [0.2, 0.25) is 0 Å². The van der Waals surface area contributed by atoms with Crippen LogP contribution in [0.1, 0.15) is 5.56 Å². The molecule has 0 fully saturated rings. The fourth-order valence-corrected chi connectivity index (χ4v) is 2.28. The minimum absolute atomic E-state index is 0.256. The maximum Gasteiger partial charge on any atom is 0.141 e. The van der Waals surface area contributed by atoms with Crippen LogP contribution in [0.3, 0.4) is 0 Å². The molecule has 1 aromatic heterocycles. The second kappa shape index (κ2) is 4.21. The average Bonchev–Trinajstić information content (AvgIpc) is 2.71. The first-order chi connectivity index (χ1) is 8.63. The molecule has 0 aliphatic heterocycles. The molecule has 0 aliphatic rings. The van der Waals surface area contributed by atoms with Gasteiger partial charge in [0.1, 0.15) is 11.6 Å². The summed E-state index contributed by atoms with van der Waals surface area (Å²) in [6.45, 7) is 1.86. The van der Waals surface area contributed by atoms with Crippen LogP contribution in [0.15, 0.2) is 40.9 Å². The SMILES string of the molecule is Cc1ccc(-c2nc3ccc(Br)cc3[nH]2)c(F)c1. The Morgan fingerprint density at radius 1 is 1.17 bits per heavy atom. The van der Waals surface area contributed by atoms with Crippen LogP contribution >= 0.6 is 15.9 Å². The average molecular weight is 305 g/mol. The van der Waals surface area contributed by atoms with E-state index in [1.165, 1.54) is 6.07 Å². The van der Waals surface area contributed by atoms with Gasteiger partial charge in [-0.1, -0.05) is 22.0 Å². The molecule has 1 heterocycles. The van der Waals surface area contributed by atoms with Gasteiger partial charge in [0.25, 0.3) is 0 Å². The standard InChI is InChI=1S/C14H10BrFN2/c1-8-2-4-10(11(16)6-8)14-17-12-5-3-9(15)7-13(12)18-14/h2-7H,1H3,(H,17,18). The molecule has 0 amide bonds. The van der Waals surface area contributed by atoms with E-state index in [0.717, 1.165) is 21.1 Å². The predicted molar refractivity (Wildman–Crippen MR) is 73.9 cm³/mol. The molecular formula is C14H10BrFN2. The van der Waals surface area contributed by atoms with Crippen LogP contribution in [0.2, 0.25) is 0 Å². The molecule has 3 aromatic rings. The highest BCUT2D eigenvalue weighted by atomic mass is 79.9. The lowest BCUT2D eigenvalue weighted by molar-refractivity contribution is 0.629. The summed E-state index contributed by atoms with van der Waals surface area (Å²) in [5.41, 5.74) is 3.11. The van der Waals surface area contributed by atoms with Gasteiger partial charge in [-0.05, 0) is 42.8 Å². The highest BCUT2D eigenvalue weighted by Gasteiger charge is 2.10. The number of nitrogens with one attached hydrogen (secondary N) is 1. The Balaban J connectivity index is 2.19. The van der Waals surface area contributed by atoms with Crippen molar-refractivity contribution in [2.45, 2.75) is 6.92 Å². The quantitative estimate of drug-likeness (QED) is 0.707. The van der Waals surface area contributed by atoms with Crippen LogP contribution in [0.5, 0.6) is 0 Å². The summed E-state index contributed by atoms with van der Waals surface area (Å²) < 4.78 is 14.8. The third kappa shape index (κ3) is 1.93. The van der Waals surface area contributed by atoms with Crippen molar-refractivity contribution in [2.24, 2.45) is 0 Å². The molecule has 0 aliphatic carbocycles. The molecule has 90 valence electrons. The van der Waals surface area contributed by atoms with Gasteiger partial charge in [0.05, 0.1) is 16.6 Å². The fourth-order valence-electron chi connectivity index (χ4n) is 1.92. The Morgan fingerprint density at radius 2 is 2.00 bits per heavy atom. The Hall–Kier alpha value is -1.68. The largest absolute Gasteiger partial charge is 0.338 e. The molecule has 2 aromatic carbocycles. The summed E-state index contributed by atoms with van der Waals surface area (Å²) in [6, 6.07) is 10.9. The number of halogens is 2. The van der Waals surface area contributed by atoms with Gasteiger partial charge in [-0.15, -0.1) is 0 Å². The first-order valence-electron chi connectivity index (χ1n) is 5.55. The minimum Gasteiger partial charge on any atom is -0.338 e. The molecule has 3 rings (SSSR count). The number of H-pyrrole nitrogens is 1. The van der Waals surface area contributed by atoms with Gasteiger partial charge in [0.15, 0.2) is 0 Å². The summed E-state index contributed by atoms with van der Waals surface area (Å²) in [6.07, 6.45) is 0. The van der Waals surface area contributed by atoms with Crippen molar-refractivity contribution in [2.75, 3.05) is 0 Å². The Labute approximate surface area is 112 Å². The van der Waals surface area contributed by atoms with Crippen LogP contribution in [0, 0.1) is 12.7 Å². The number of nitrogens with zero attached hydrogens (tertiary/aromatic N) is 1.